The van der Waals surface area contributed by atoms with Crippen LogP contribution in [0.4, 0.5) is 5.69 Å². The van der Waals surface area contributed by atoms with Crippen LogP contribution in [0, 0.1) is 5.41 Å². The number of thioether (sulfide) groups is 1. The topological polar surface area (TPSA) is 73.3 Å². The molecule has 0 spiro atoms. The molecule has 0 aliphatic heterocycles. The summed E-state index contributed by atoms with van der Waals surface area (Å²) in [5.74, 6) is 0.0778. The number of hydrogen-bond acceptors (Lipinski definition) is 4. The minimum Gasteiger partial charge on any atom is -0.395 e. The SMILES string of the molecule is CCCN(CCO)c1cccc(SC)c1C(=N)N. The third-order valence-corrected chi connectivity index (χ3v) is 3.48. The van der Waals surface area contributed by atoms with Crippen LogP contribution < -0.4 is 10.6 Å². The van der Waals surface area contributed by atoms with E-state index in [1.165, 1.54) is 0 Å². The number of benzene rings is 1. The lowest BCUT2D eigenvalue weighted by atomic mass is 10.1. The number of aliphatic hydroxyl groups is 1. The Morgan fingerprint density at radius 2 is 2.17 bits per heavy atom. The van der Waals surface area contributed by atoms with E-state index >= 15 is 0 Å². The lowest BCUT2D eigenvalue weighted by Gasteiger charge is -2.26. The van der Waals surface area contributed by atoms with E-state index in [1.807, 2.05) is 24.5 Å². The third kappa shape index (κ3) is 3.40. The van der Waals surface area contributed by atoms with Crippen molar-refractivity contribution in [2.24, 2.45) is 5.73 Å². The summed E-state index contributed by atoms with van der Waals surface area (Å²) in [7, 11) is 0. The van der Waals surface area contributed by atoms with Gasteiger partial charge in [0.15, 0.2) is 0 Å². The minimum atomic E-state index is 0.0778. The number of aliphatic hydroxyl groups excluding tert-OH is 1. The Kier molecular flexibility index (Phi) is 6.01. The largest absolute Gasteiger partial charge is 0.395 e. The van der Waals surface area contributed by atoms with Crippen LogP contribution in [-0.4, -0.2) is 36.9 Å². The van der Waals surface area contributed by atoms with Crippen LogP contribution in [0.15, 0.2) is 23.1 Å². The fourth-order valence-electron chi connectivity index (χ4n) is 1.97. The van der Waals surface area contributed by atoms with Gasteiger partial charge in [-0.2, -0.15) is 0 Å². The zero-order chi connectivity index (χ0) is 13.5. The van der Waals surface area contributed by atoms with Crippen molar-refractivity contribution < 1.29 is 5.11 Å². The van der Waals surface area contributed by atoms with Crippen LogP contribution in [0.25, 0.3) is 0 Å². The molecule has 0 radical (unpaired) electrons. The van der Waals surface area contributed by atoms with E-state index in [0.717, 1.165) is 29.1 Å². The van der Waals surface area contributed by atoms with Crippen molar-refractivity contribution in [3.8, 4) is 0 Å². The zero-order valence-electron chi connectivity index (χ0n) is 10.9. The number of anilines is 1. The van der Waals surface area contributed by atoms with E-state index in [9.17, 15) is 0 Å². The van der Waals surface area contributed by atoms with E-state index in [0.29, 0.717) is 6.54 Å². The van der Waals surface area contributed by atoms with Crippen molar-refractivity contribution in [1.82, 2.24) is 0 Å². The van der Waals surface area contributed by atoms with Gasteiger partial charge < -0.3 is 15.7 Å². The summed E-state index contributed by atoms with van der Waals surface area (Å²) in [6, 6.07) is 5.89. The highest BCUT2D eigenvalue weighted by Crippen LogP contribution is 2.29. The van der Waals surface area contributed by atoms with E-state index in [-0.39, 0.29) is 12.4 Å². The Morgan fingerprint density at radius 1 is 1.44 bits per heavy atom. The van der Waals surface area contributed by atoms with Crippen LogP contribution in [0.1, 0.15) is 18.9 Å². The first kappa shape index (κ1) is 14.9. The van der Waals surface area contributed by atoms with Gasteiger partial charge in [-0.25, -0.2) is 0 Å². The summed E-state index contributed by atoms with van der Waals surface area (Å²) < 4.78 is 0. The van der Waals surface area contributed by atoms with Gasteiger partial charge in [0.2, 0.25) is 0 Å². The fraction of sp³-hybridized carbons (Fsp3) is 0.462. The summed E-state index contributed by atoms with van der Waals surface area (Å²) >= 11 is 1.58. The summed E-state index contributed by atoms with van der Waals surface area (Å²) in [5.41, 5.74) is 7.41. The van der Waals surface area contributed by atoms with E-state index < -0.39 is 0 Å². The molecular weight excluding hydrogens is 246 g/mol. The average molecular weight is 267 g/mol. The molecule has 0 amide bonds. The molecule has 0 heterocycles. The van der Waals surface area contributed by atoms with Crippen LogP contribution in [0.5, 0.6) is 0 Å². The number of rotatable bonds is 7. The zero-order valence-corrected chi connectivity index (χ0v) is 11.8. The van der Waals surface area contributed by atoms with E-state index in [2.05, 4.69) is 11.8 Å². The Morgan fingerprint density at radius 3 is 2.67 bits per heavy atom. The predicted molar refractivity (Wildman–Crippen MR) is 78.8 cm³/mol. The first-order valence-corrected chi connectivity index (χ1v) is 7.25. The Balaban J connectivity index is 3.23. The molecule has 100 valence electrons. The highest BCUT2D eigenvalue weighted by atomic mass is 32.2. The maximum absolute atomic E-state index is 9.15. The third-order valence-electron chi connectivity index (χ3n) is 2.70. The maximum atomic E-state index is 9.15. The summed E-state index contributed by atoms with van der Waals surface area (Å²) in [5, 5.41) is 16.9. The molecule has 0 aromatic heterocycles. The molecule has 1 aromatic rings. The molecule has 1 aromatic carbocycles. The summed E-state index contributed by atoms with van der Waals surface area (Å²) in [6.07, 6.45) is 2.96. The van der Waals surface area contributed by atoms with Gasteiger partial charge in [-0.15, -0.1) is 11.8 Å². The van der Waals surface area contributed by atoms with Gasteiger partial charge >= 0.3 is 0 Å². The van der Waals surface area contributed by atoms with Crippen molar-refractivity contribution in [3.05, 3.63) is 23.8 Å². The number of nitrogens with one attached hydrogen (secondary N) is 1. The maximum Gasteiger partial charge on any atom is 0.126 e. The first-order valence-electron chi connectivity index (χ1n) is 6.02. The Labute approximate surface area is 113 Å². The van der Waals surface area contributed by atoms with Crippen molar-refractivity contribution in [2.75, 3.05) is 30.9 Å². The van der Waals surface area contributed by atoms with Gasteiger partial charge in [-0.1, -0.05) is 13.0 Å². The van der Waals surface area contributed by atoms with Gasteiger partial charge in [0.1, 0.15) is 5.84 Å². The van der Waals surface area contributed by atoms with E-state index in [4.69, 9.17) is 16.2 Å². The first-order chi connectivity index (χ1) is 8.65. The van der Waals surface area contributed by atoms with Crippen LogP contribution in [0.2, 0.25) is 0 Å². The number of nitrogens with two attached hydrogens (primary N) is 1. The molecule has 0 aliphatic carbocycles. The predicted octanol–water partition coefficient (Wildman–Crippen LogP) is 1.90. The van der Waals surface area contributed by atoms with Gasteiger partial charge in [0.25, 0.3) is 0 Å². The highest BCUT2D eigenvalue weighted by molar-refractivity contribution is 7.98. The normalized spacial score (nSPS) is 10.4. The molecule has 0 fully saturated rings. The van der Waals surface area contributed by atoms with E-state index in [1.54, 1.807) is 11.8 Å². The Hall–Kier alpha value is -1.20. The van der Waals surface area contributed by atoms with Crippen molar-refractivity contribution in [1.29, 1.82) is 5.41 Å². The molecule has 0 unspecified atom stereocenters. The molecule has 0 saturated heterocycles. The molecule has 1 rings (SSSR count). The standard InChI is InChI=1S/C13H21N3OS/c1-3-7-16(8-9-17)10-5-4-6-11(18-2)12(10)13(14)15/h4-6,17H,3,7-9H2,1-2H3,(H3,14,15). The van der Waals surface area contributed by atoms with Crippen molar-refractivity contribution in [3.63, 3.8) is 0 Å². The number of nitrogens with zero attached hydrogens (tertiary/aromatic N) is 1. The summed E-state index contributed by atoms with van der Waals surface area (Å²) in [6.45, 7) is 3.60. The molecule has 4 N–H and O–H groups in total. The fourth-order valence-corrected chi connectivity index (χ4v) is 2.60. The second kappa shape index (κ2) is 7.28. The highest BCUT2D eigenvalue weighted by Gasteiger charge is 2.15. The van der Waals surface area contributed by atoms with Crippen molar-refractivity contribution in [2.45, 2.75) is 18.2 Å². The number of hydrogen-bond donors (Lipinski definition) is 3. The molecule has 0 saturated carbocycles. The van der Waals surface area contributed by atoms with Crippen LogP contribution in [0.3, 0.4) is 0 Å². The van der Waals surface area contributed by atoms with Crippen molar-refractivity contribution >= 4 is 23.3 Å². The molecule has 4 nitrogen and oxygen atoms in total. The molecule has 0 atom stereocenters. The minimum absolute atomic E-state index is 0.0778. The second-order valence-corrected chi connectivity index (χ2v) is 4.83. The van der Waals surface area contributed by atoms with Gasteiger partial charge in [-0.05, 0) is 24.8 Å². The Bertz CT molecular complexity index is 403. The lowest BCUT2D eigenvalue weighted by Crippen LogP contribution is -2.30. The molecule has 18 heavy (non-hydrogen) atoms. The number of nitrogen functional groups attached to an aromatic ring is 1. The summed E-state index contributed by atoms with van der Waals surface area (Å²) in [4.78, 5) is 3.08. The molecule has 0 aliphatic rings. The van der Waals surface area contributed by atoms with Gasteiger partial charge in [-0.3, -0.25) is 5.41 Å². The quantitative estimate of drug-likeness (QED) is 0.401. The average Bonchev–Trinajstić information content (AvgIpc) is 2.37. The monoisotopic (exact) mass is 267 g/mol. The second-order valence-electron chi connectivity index (χ2n) is 3.98. The van der Waals surface area contributed by atoms with Crippen LogP contribution in [-0.2, 0) is 0 Å². The van der Waals surface area contributed by atoms with Crippen LogP contribution >= 0.6 is 11.8 Å². The molecular formula is C13H21N3OS. The lowest BCUT2D eigenvalue weighted by molar-refractivity contribution is 0.302. The van der Waals surface area contributed by atoms with Gasteiger partial charge in [0.05, 0.1) is 12.2 Å². The molecule has 5 heteroatoms. The smallest absolute Gasteiger partial charge is 0.126 e. The number of amidine groups is 1. The molecule has 0 bridgehead atoms. The van der Waals surface area contributed by atoms with Gasteiger partial charge in [0, 0.05) is 23.7 Å².